The molecule has 6 fully saturated rings. The molecule has 1 aromatic rings. The second kappa shape index (κ2) is 14.8. The lowest BCUT2D eigenvalue weighted by Crippen LogP contribution is -2.76. The van der Waals surface area contributed by atoms with Gasteiger partial charge in [-0.2, -0.15) is 0 Å². The van der Waals surface area contributed by atoms with E-state index in [2.05, 4.69) is 102 Å². The van der Waals surface area contributed by atoms with Crippen molar-refractivity contribution in [3.63, 3.8) is 0 Å². The second-order valence-electron chi connectivity index (χ2n) is 22.6. The molecule has 7 rings (SSSR count). The van der Waals surface area contributed by atoms with Crippen molar-refractivity contribution in [1.29, 1.82) is 0 Å². The normalized spacial score (nSPS) is 40.2. The molecule has 2 heterocycles. The monoisotopic (exact) mass is 783 g/mol. The lowest BCUT2D eigenvalue weighted by Gasteiger charge is -2.75. The number of hydrogen-bond donors (Lipinski definition) is 2. The third-order valence-electron chi connectivity index (χ3n) is 18.5. The van der Waals surface area contributed by atoms with E-state index in [-0.39, 0.29) is 55.8 Å². The first-order chi connectivity index (χ1) is 26.6. The molecule has 10 atom stereocenters. The molecule has 0 spiro atoms. The van der Waals surface area contributed by atoms with Gasteiger partial charge in [0.25, 0.3) is 0 Å². The van der Waals surface area contributed by atoms with E-state index in [1.54, 1.807) is 0 Å². The third kappa shape index (κ3) is 7.04. The molecule has 0 aromatic carbocycles. The number of fused-ring (bicyclic) bond motifs is 7. The number of carbonyl (C=O) groups excluding carboxylic acids is 1. The van der Waals surface area contributed by atoms with E-state index in [0.717, 1.165) is 89.8 Å². The van der Waals surface area contributed by atoms with Crippen molar-refractivity contribution in [2.24, 2.45) is 61.9 Å². The van der Waals surface area contributed by atoms with Gasteiger partial charge >= 0.3 is 0 Å². The predicted molar refractivity (Wildman–Crippen MR) is 232 cm³/mol. The number of allylic oxidation sites excluding steroid dienone is 3. The molecule has 7 nitrogen and oxygen atoms in total. The van der Waals surface area contributed by atoms with Crippen molar-refractivity contribution < 1.29 is 14.6 Å². The Hall–Kier alpha value is -2.64. The van der Waals surface area contributed by atoms with Crippen molar-refractivity contribution >= 4 is 5.91 Å². The van der Waals surface area contributed by atoms with Crippen LogP contribution < -0.4 is 5.73 Å². The van der Waals surface area contributed by atoms with E-state index in [4.69, 9.17) is 10.5 Å². The Bertz CT molecular complexity index is 1710. The minimum atomic E-state index is -0.344. The average molecular weight is 783 g/mol. The summed E-state index contributed by atoms with van der Waals surface area (Å²) in [5, 5.41) is 9.91. The molecule has 1 aromatic heterocycles. The maximum atomic E-state index is 14.5. The van der Waals surface area contributed by atoms with Crippen molar-refractivity contribution in [2.45, 2.75) is 157 Å². The van der Waals surface area contributed by atoms with E-state index in [1.165, 1.54) is 24.0 Å². The fraction of sp³-hybridized carbons (Fsp3) is 0.760. The second-order valence-corrected chi connectivity index (χ2v) is 22.6. The van der Waals surface area contributed by atoms with Gasteiger partial charge in [0.1, 0.15) is 6.10 Å². The molecule has 6 aliphatic rings. The van der Waals surface area contributed by atoms with Crippen LogP contribution in [-0.2, 0) is 16.1 Å². The van der Waals surface area contributed by atoms with Crippen LogP contribution in [0.5, 0.6) is 0 Å². The van der Waals surface area contributed by atoms with Gasteiger partial charge in [-0.15, -0.1) is 0 Å². The summed E-state index contributed by atoms with van der Waals surface area (Å²) in [7, 11) is 0. The fourth-order valence-corrected chi connectivity index (χ4v) is 15.7. The highest BCUT2D eigenvalue weighted by Crippen LogP contribution is 2.78. The van der Waals surface area contributed by atoms with E-state index >= 15 is 0 Å². The van der Waals surface area contributed by atoms with Gasteiger partial charge in [-0.25, -0.2) is 0 Å². The summed E-state index contributed by atoms with van der Waals surface area (Å²) in [6, 6.07) is 4.19. The molecule has 0 radical (unpaired) electrons. The van der Waals surface area contributed by atoms with E-state index in [9.17, 15) is 9.90 Å². The van der Waals surface area contributed by atoms with Gasteiger partial charge in [0.05, 0.1) is 11.5 Å². The highest BCUT2D eigenvalue weighted by Gasteiger charge is 2.75. The molecule has 1 amide bonds. The molecule has 57 heavy (non-hydrogen) atoms. The molecule has 316 valence electrons. The number of aliphatic hydroxyl groups is 1. The summed E-state index contributed by atoms with van der Waals surface area (Å²) in [5.74, 6) is 3.18. The number of hydrogen-bond acceptors (Lipinski definition) is 6. The highest BCUT2D eigenvalue weighted by molar-refractivity contribution is 5.77. The zero-order valence-corrected chi connectivity index (χ0v) is 37.2. The molecule has 1 aliphatic heterocycles. The molecule has 0 bridgehead atoms. The smallest absolute Gasteiger partial charge is 0.223 e. The number of rotatable bonds is 11. The number of aliphatic hydroxyl groups excluding tert-OH is 1. The number of ether oxygens (including phenoxy) is 1. The van der Waals surface area contributed by atoms with Crippen LogP contribution in [0.1, 0.15) is 144 Å². The Labute approximate surface area is 346 Å². The molecular formula is C50H78N4O3. The Kier molecular flexibility index (Phi) is 11.0. The number of aromatic nitrogens is 1. The van der Waals surface area contributed by atoms with Crippen LogP contribution in [0.3, 0.4) is 0 Å². The Morgan fingerprint density at radius 2 is 1.56 bits per heavy atom. The SMILES string of the molecule is C=C(O)CC(C)(C)CC(=C)OC1CC[C@]2(C)[C@H]3CCC4(N)[C@H]5[C@H](C(=C)C)CC[C@]5(CC(=O)N5CCN(Cc6ccncc6)CC5)CC[C@@]4(C)[C@]3(C)CC[C@H]2C1(C)C. The van der Waals surface area contributed by atoms with Crippen LogP contribution in [0.2, 0.25) is 0 Å². The predicted octanol–water partition coefficient (Wildman–Crippen LogP) is 10.6. The molecule has 5 saturated carbocycles. The van der Waals surface area contributed by atoms with Gasteiger partial charge < -0.3 is 20.5 Å². The molecule has 7 heteroatoms. The first-order valence-corrected chi connectivity index (χ1v) is 22.7. The fourth-order valence-electron chi connectivity index (χ4n) is 15.7. The summed E-state index contributed by atoms with van der Waals surface area (Å²) < 4.78 is 6.83. The van der Waals surface area contributed by atoms with Crippen LogP contribution in [0.15, 0.2) is 61.4 Å². The van der Waals surface area contributed by atoms with E-state index in [1.807, 2.05) is 12.4 Å². The maximum absolute atomic E-state index is 14.5. The first kappa shape index (κ1) is 42.5. The topological polar surface area (TPSA) is 91.9 Å². The number of pyridine rings is 1. The summed E-state index contributed by atoms with van der Waals surface area (Å²) in [6.45, 7) is 36.5. The average Bonchev–Trinajstić information content (AvgIpc) is 3.51. The summed E-state index contributed by atoms with van der Waals surface area (Å²) in [5.41, 5.74) is 10.5. The number of nitrogens with two attached hydrogens (primary N) is 1. The summed E-state index contributed by atoms with van der Waals surface area (Å²) >= 11 is 0. The molecule has 1 saturated heterocycles. The summed E-state index contributed by atoms with van der Waals surface area (Å²) in [4.78, 5) is 23.3. The van der Waals surface area contributed by atoms with Crippen molar-refractivity contribution in [3.05, 3.63) is 66.9 Å². The molecular weight excluding hydrogens is 705 g/mol. The van der Waals surface area contributed by atoms with Crippen LogP contribution >= 0.6 is 0 Å². The largest absolute Gasteiger partial charge is 0.513 e. The third-order valence-corrected chi connectivity index (χ3v) is 18.5. The van der Waals surface area contributed by atoms with Gasteiger partial charge in [-0.05, 0) is 140 Å². The minimum absolute atomic E-state index is 0.00321. The van der Waals surface area contributed by atoms with Crippen molar-refractivity contribution in [2.75, 3.05) is 26.2 Å². The Morgan fingerprint density at radius 1 is 0.895 bits per heavy atom. The van der Waals surface area contributed by atoms with Crippen molar-refractivity contribution in [3.8, 4) is 0 Å². The highest BCUT2D eigenvalue weighted by atomic mass is 16.5. The molecule has 2 unspecified atom stereocenters. The maximum Gasteiger partial charge on any atom is 0.223 e. The van der Waals surface area contributed by atoms with Crippen LogP contribution in [0, 0.1) is 56.2 Å². The quantitative estimate of drug-likeness (QED) is 0.172. The standard InChI is InChI=1S/C50H78N4O3/c1-34(2)38-12-20-49(32-42(56)54-28-26-53(27-29-54)33-37-16-24-52-25-17-37)23-22-48(11)47(10)19-13-39-45(7,8)41(57-36(4)31-44(5,6)30-35(3)55)15-18-46(39,9)40(47)14-21-50(48,51)43(38)49/h16-17,24-25,38-41,43,55H,1,3-4,12-15,18-23,26-33,51H2,2,5-11H3/t38-,39-,40+,41?,43-,46-,47+,48-,49+,50?/m0/s1. The van der Waals surface area contributed by atoms with Crippen LogP contribution in [0.4, 0.5) is 0 Å². The number of carbonyl (C=O) groups is 1. The van der Waals surface area contributed by atoms with Gasteiger partial charge in [0.2, 0.25) is 5.91 Å². The Morgan fingerprint density at radius 3 is 2.21 bits per heavy atom. The van der Waals surface area contributed by atoms with Gasteiger partial charge in [0.15, 0.2) is 0 Å². The number of nitrogens with zero attached hydrogens (tertiary/aromatic N) is 3. The van der Waals surface area contributed by atoms with Gasteiger partial charge in [-0.3, -0.25) is 14.7 Å². The van der Waals surface area contributed by atoms with Crippen LogP contribution in [0.25, 0.3) is 0 Å². The number of piperazine rings is 1. The summed E-state index contributed by atoms with van der Waals surface area (Å²) in [6.07, 6.45) is 16.9. The molecule has 5 aliphatic carbocycles. The lowest BCUT2D eigenvalue weighted by atomic mass is 9.30. The lowest BCUT2D eigenvalue weighted by molar-refractivity contribution is -0.255. The zero-order valence-electron chi connectivity index (χ0n) is 37.2. The van der Waals surface area contributed by atoms with Gasteiger partial charge in [0, 0.05) is 75.3 Å². The van der Waals surface area contributed by atoms with E-state index in [0.29, 0.717) is 42.9 Å². The minimum Gasteiger partial charge on any atom is -0.513 e. The number of amides is 1. The van der Waals surface area contributed by atoms with Gasteiger partial charge in [-0.1, -0.05) is 73.8 Å². The van der Waals surface area contributed by atoms with E-state index < -0.39 is 0 Å². The zero-order chi connectivity index (χ0) is 41.4. The van der Waals surface area contributed by atoms with Crippen molar-refractivity contribution in [1.82, 2.24) is 14.8 Å². The molecule has 3 N–H and O–H groups in total. The Balaban J connectivity index is 1.09. The first-order valence-electron chi connectivity index (χ1n) is 22.7. The van der Waals surface area contributed by atoms with Crippen LogP contribution in [-0.4, -0.2) is 63.6 Å².